The molecular formula is C13H22N2O2. The van der Waals surface area contributed by atoms with Crippen molar-refractivity contribution in [2.75, 3.05) is 26.7 Å². The van der Waals surface area contributed by atoms with E-state index in [-0.39, 0.29) is 0 Å². The quantitative estimate of drug-likeness (QED) is 0.604. The van der Waals surface area contributed by atoms with E-state index in [1.54, 1.807) is 7.11 Å². The van der Waals surface area contributed by atoms with Crippen molar-refractivity contribution in [2.45, 2.75) is 19.4 Å². The van der Waals surface area contributed by atoms with E-state index >= 15 is 0 Å². The Morgan fingerprint density at radius 1 is 1.47 bits per heavy atom. The molecule has 4 nitrogen and oxygen atoms in total. The van der Waals surface area contributed by atoms with E-state index in [9.17, 15) is 5.11 Å². The first-order chi connectivity index (χ1) is 8.17. The Kier molecular flexibility index (Phi) is 5.97. The van der Waals surface area contributed by atoms with Gasteiger partial charge < -0.3 is 20.9 Å². The van der Waals surface area contributed by atoms with Crippen molar-refractivity contribution in [1.29, 1.82) is 0 Å². The summed E-state index contributed by atoms with van der Waals surface area (Å²) in [5.41, 5.74) is 7.72. The molecule has 0 heterocycles. The minimum absolute atomic E-state index is 0.300. The third-order valence-corrected chi connectivity index (χ3v) is 2.70. The van der Waals surface area contributed by atoms with Gasteiger partial charge in [0.15, 0.2) is 0 Å². The summed E-state index contributed by atoms with van der Waals surface area (Å²) in [6.45, 7) is 3.72. The summed E-state index contributed by atoms with van der Waals surface area (Å²) in [5, 5.41) is 12.4. The van der Waals surface area contributed by atoms with Crippen molar-refractivity contribution in [1.82, 2.24) is 5.32 Å². The molecule has 0 aliphatic carbocycles. The van der Waals surface area contributed by atoms with Gasteiger partial charge in [-0.1, -0.05) is 12.1 Å². The average Bonchev–Trinajstić information content (AvgIpc) is 2.34. The second-order valence-electron chi connectivity index (χ2n) is 4.15. The van der Waals surface area contributed by atoms with Crippen LogP contribution in [-0.2, 0) is 6.42 Å². The fourth-order valence-corrected chi connectivity index (χ4v) is 1.68. The van der Waals surface area contributed by atoms with E-state index in [1.165, 1.54) is 5.56 Å². The van der Waals surface area contributed by atoms with Crippen molar-refractivity contribution in [3.63, 3.8) is 0 Å². The smallest absolute Gasteiger partial charge is 0.121 e. The van der Waals surface area contributed by atoms with Crippen LogP contribution < -0.4 is 15.8 Å². The van der Waals surface area contributed by atoms with Crippen LogP contribution in [0.5, 0.6) is 5.75 Å². The van der Waals surface area contributed by atoms with Crippen molar-refractivity contribution in [3.05, 3.63) is 29.3 Å². The molecule has 0 aromatic heterocycles. The molecule has 1 unspecified atom stereocenters. The Hall–Kier alpha value is -1.10. The zero-order valence-electron chi connectivity index (χ0n) is 10.6. The Morgan fingerprint density at radius 3 is 2.82 bits per heavy atom. The monoisotopic (exact) mass is 238 g/mol. The first-order valence-corrected chi connectivity index (χ1v) is 5.89. The average molecular weight is 238 g/mol. The van der Waals surface area contributed by atoms with Gasteiger partial charge in [0.05, 0.1) is 13.2 Å². The number of aryl methyl sites for hydroxylation is 1. The molecule has 0 radical (unpaired) electrons. The summed E-state index contributed by atoms with van der Waals surface area (Å²) in [6, 6.07) is 6.17. The molecule has 1 atom stereocenters. The molecule has 0 bridgehead atoms. The van der Waals surface area contributed by atoms with Crippen LogP contribution in [0.3, 0.4) is 0 Å². The van der Waals surface area contributed by atoms with Gasteiger partial charge in [0.25, 0.3) is 0 Å². The summed E-state index contributed by atoms with van der Waals surface area (Å²) in [4.78, 5) is 0. The van der Waals surface area contributed by atoms with Crippen LogP contribution >= 0.6 is 0 Å². The van der Waals surface area contributed by atoms with E-state index in [0.29, 0.717) is 13.1 Å². The lowest BCUT2D eigenvalue weighted by Gasteiger charge is -2.10. The van der Waals surface area contributed by atoms with Crippen LogP contribution in [-0.4, -0.2) is 38.0 Å². The third-order valence-electron chi connectivity index (χ3n) is 2.70. The van der Waals surface area contributed by atoms with Gasteiger partial charge in [0, 0.05) is 13.1 Å². The molecule has 0 amide bonds. The molecule has 96 valence electrons. The van der Waals surface area contributed by atoms with Gasteiger partial charge in [-0.3, -0.25) is 0 Å². The fourth-order valence-electron chi connectivity index (χ4n) is 1.68. The summed E-state index contributed by atoms with van der Waals surface area (Å²) >= 11 is 0. The number of methoxy groups -OCH3 is 1. The second-order valence-corrected chi connectivity index (χ2v) is 4.15. The van der Waals surface area contributed by atoms with Crippen molar-refractivity contribution in [3.8, 4) is 5.75 Å². The van der Waals surface area contributed by atoms with Crippen molar-refractivity contribution >= 4 is 0 Å². The molecule has 0 spiro atoms. The number of benzene rings is 1. The lowest BCUT2D eigenvalue weighted by atomic mass is 10.1. The van der Waals surface area contributed by atoms with Gasteiger partial charge >= 0.3 is 0 Å². The summed E-state index contributed by atoms with van der Waals surface area (Å²) in [5.74, 6) is 0.917. The molecule has 1 aromatic carbocycles. The van der Waals surface area contributed by atoms with Crippen molar-refractivity contribution < 1.29 is 9.84 Å². The van der Waals surface area contributed by atoms with E-state index < -0.39 is 6.10 Å². The van der Waals surface area contributed by atoms with Gasteiger partial charge in [0.1, 0.15) is 5.75 Å². The Labute approximate surface area is 103 Å². The minimum Gasteiger partial charge on any atom is -0.496 e. The summed E-state index contributed by atoms with van der Waals surface area (Å²) in [7, 11) is 1.68. The zero-order valence-corrected chi connectivity index (χ0v) is 10.6. The molecule has 17 heavy (non-hydrogen) atoms. The van der Waals surface area contributed by atoms with Gasteiger partial charge in [-0.2, -0.15) is 0 Å². The number of nitrogens with two attached hydrogens (primary N) is 1. The molecule has 4 heteroatoms. The number of rotatable bonds is 7. The summed E-state index contributed by atoms with van der Waals surface area (Å²) < 4.78 is 5.21. The highest BCUT2D eigenvalue weighted by Gasteiger charge is 2.01. The SMILES string of the molecule is COc1ccc(CCNCC(O)CN)cc1C. The number of aliphatic hydroxyl groups excluding tert-OH is 1. The number of ether oxygens (including phenoxy) is 1. The van der Waals surface area contributed by atoms with Gasteiger partial charge in [-0.05, 0) is 37.1 Å². The highest BCUT2D eigenvalue weighted by atomic mass is 16.5. The van der Waals surface area contributed by atoms with Crippen LogP contribution in [0.2, 0.25) is 0 Å². The number of nitrogens with one attached hydrogen (secondary N) is 1. The van der Waals surface area contributed by atoms with Crippen molar-refractivity contribution in [2.24, 2.45) is 5.73 Å². The Bertz CT molecular complexity index is 342. The lowest BCUT2D eigenvalue weighted by molar-refractivity contribution is 0.180. The molecular weight excluding hydrogens is 216 g/mol. The van der Waals surface area contributed by atoms with Crippen LogP contribution in [0.15, 0.2) is 18.2 Å². The molecule has 0 aliphatic heterocycles. The normalized spacial score (nSPS) is 12.5. The largest absolute Gasteiger partial charge is 0.496 e. The number of hydrogen-bond donors (Lipinski definition) is 3. The zero-order chi connectivity index (χ0) is 12.7. The van der Waals surface area contributed by atoms with E-state index in [0.717, 1.165) is 24.3 Å². The van der Waals surface area contributed by atoms with Gasteiger partial charge in [-0.15, -0.1) is 0 Å². The predicted octanol–water partition coefficient (Wildman–Crippen LogP) is 0.455. The molecule has 0 saturated heterocycles. The number of hydrogen-bond acceptors (Lipinski definition) is 4. The molecule has 0 saturated carbocycles. The maximum Gasteiger partial charge on any atom is 0.121 e. The van der Waals surface area contributed by atoms with Gasteiger partial charge in [0.2, 0.25) is 0 Å². The fraction of sp³-hybridized carbons (Fsp3) is 0.538. The molecule has 0 fully saturated rings. The minimum atomic E-state index is -0.451. The maximum absolute atomic E-state index is 9.26. The molecule has 4 N–H and O–H groups in total. The predicted molar refractivity (Wildman–Crippen MR) is 69.4 cm³/mol. The topological polar surface area (TPSA) is 67.5 Å². The van der Waals surface area contributed by atoms with Crippen LogP contribution in [0, 0.1) is 6.92 Å². The summed E-state index contributed by atoms with van der Waals surface area (Å²) in [6.07, 6.45) is 0.481. The third kappa shape index (κ3) is 4.73. The lowest BCUT2D eigenvalue weighted by Crippen LogP contribution is -2.33. The molecule has 0 aliphatic rings. The van der Waals surface area contributed by atoms with E-state index in [1.807, 2.05) is 13.0 Å². The maximum atomic E-state index is 9.26. The Balaban J connectivity index is 2.34. The number of aliphatic hydroxyl groups is 1. The van der Waals surface area contributed by atoms with E-state index in [4.69, 9.17) is 10.5 Å². The standard InChI is InChI=1S/C13H22N2O2/c1-10-7-11(3-4-13(10)17-2)5-6-15-9-12(16)8-14/h3-4,7,12,15-16H,5-6,8-9,14H2,1-2H3. The van der Waals surface area contributed by atoms with Crippen LogP contribution in [0.25, 0.3) is 0 Å². The first kappa shape index (κ1) is 14.0. The van der Waals surface area contributed by atoms with Gasteiger partial charge in [-0.25, -0.2) is 0 Å². The molecule has 1 rings (SSSR count). The second kappa shape index (κ2) is 7.27. The highest BCUT2D eigenvalue weighted by molar-refractivity contribution is 5.36. The van der Waals surface area contributed by atoms with Crippen LogP contribution in [0.4, 0.5) is 0 Å². The van der Waals surface area contributed by atoms with Crippen LogP contribution in [0.1, 0.15) is 11.1 Å². The highest BCUT2D eigenvalue weighted by Crippen LogP contribution is 2.18. The first-order valence-electron chi connectivity index (χ1n) is 5.89. The molecule has 1 aromatic rings. The Morgan fingerprint density at radius 2 is 2.24 bits per heavy atom. The van der Waals surface area contributed by atoms with E-state index in [2.05, 4.69) is 17.4 Å².